The number of aldehydes is 1. The normalized spacial score (nSPS) is 11.3. The summed E-state index contributed by atoms with van der Waals surface area (Å²) >= 11 is 0. The number of hydrogen-bond acceptors (Lipinski definition) is 7. The van der Waals surface area contributed by atoms with Gasteiger partial charge in [0, 0.05) is 20.1 Å². The van der Waals surface area contributed by atoms with Gasteiger partial charge < -0.3 is 24.7 Å². The van der Waals surface area contributed by atoms with Crippen LogP contribution in [0.1, 0.15) is 31.6 Å². The maximum absolute atomic E-state index is 12.8. The summed E-state index contributed by atoms with van der Waals surface area (Å²) in [6.45, 7) is 9.77. The molecule has 0 aliphatic heterocycles. The largest absolute Gasteiger partial charge is 0.423 e. The third-order valence-corrected chi connectivity index (χ3v) is 4.60. The third kappa shape index (κ3) is 6.00. The van der Waals surface area contributed by atoms with Crippen molar-refractivity contribution in [1.29, 1.82) is 0 Å². The number of aromatic nitrogens is 1. The highest BCUT2D eigenvalue weighted by Crippen LogP contribution is 2.24. The minimum atomic E-state index is -0.273. The SMILES string of the molecule is C.C=C(C(CNC(=O)c1cccc2oc(N(CC=O)CCNC)nc12)=NC)C(C)C. The van der Waals surface area contributed by atoms with E-state index in [9.17, 15) is 9.59 Å². The van der Waals surface area contributed by atoms with E-state index in [2.05, 4.69) is 27.2 Å². The molecule has 0 saturated heterocycles. The number of nitrogens with one attached hydrogen (secondary N) is 2. The van der Waals surface area contributed by atoms with Crippen molar-refractivity contribution in [3.63, 3.8) is 0 Å². The van der Waals surface area contributed by atoms with Crippen LogP contribution in [0.3, 0.4) is 0 Å². The second-order valence-corrected chi connectivity index (χ2v) is 6.90. The molecule has 0 spiro atoms. The Hall–Kier alpha value is -3.00. The van der Waals surface area contributed by atoms with Crippen LogP contribution in [0, 0.1) is 5.92 Å². The first-order chi connectivity index (χ1) is 13.9. The van der Waals surface area contributed by atoms with Crippen LogP contribution in [-0.4, -0.2) is 63.2 Å². The zero-order chi connectivity index (χ0) is 21.4. The van der Waals surface area contributed by atoms with Crippen LogP contribution in [0.4, 0.5) is 6.01 Å². The third-order valence-electron chi connectivity index (χ3n) is 4.60. The van der Waals surface area contributed by atoms with E-state index in [0.29, 0.717) is 35.8 Å². The minimum absolute atomic E-state index is 0. The molecule has 0 aliphatic rings. The lowest BCUT2D eigenvalue weighted by Gasteiger charge is -2.16. The van der Waals surface area contributed by atoms with Gasteiger partial charge in [0.25, 0.3) is 11.9 Å². The first kappa shape index (κ1) is 25.0. The Kier molecular flexibility index (Phi) is 9.91. The summed E-state index contributed by atoms with van der Waals surface area (Å²) in [6, 6.07) is 5.50. The van der Waals surface area contributed by atoms with E-state index < -0.39 is 0 Å². The van der Waals surface area contributed by atoms with Crippen molar-refractivity contribution in [2.75, 3.05) is 45.2 Å². The molecule has 0 unspecified atom stereocenters. The van der Waals surface area contributed by atoms with Crippen LogP contribution in [-0.2, 0) is 4.79 Å². The Balaban J connectivity index is 0.00000450. The zero-order valence-corrected chi connectivity index (χ0v) is 17.5. The van der Waals surface area contributed by atoms with Gasteiger partial charge in [-0.1, -0.05) is 33.9 Å². The fraction of sp³-hybridized carbons (Fsp3) is 0.455. The van der Waals surface area contributed by atoms with E-state index >= 15 is 0 Å². The Morgan fingerprint density at radius 3 is 2.73 bits per heavy atom. The van der Waals surface area contributed by atoms with Gasteiger partial charge in [-0.15, -0.1) is 0 Å². The molecule has 0 saturated carbocycles. The molecule has 2 aromatic rings. The molecule has 8 heteroatoms. The summed E-state index contributed by atoms with van der Waals surface area (Å²) < 4.78 is 5.80. The number of carbonyl (C=O) groups excluding carboxylic acids is 2. The summed E-state index contributed by atoms with van der Waals surface area (Å²) in [6.07, 6.45) is 0.797. The highest BCUT2D eigenvalue weighted by Gasteiger charge is 2.19. The van der Waals surface area contributed by atoms with Gasteiger partial charge in [-0.25, -0.2) is 0 Å². The van der Waals surface area contributed by atoms with E-state index in [1.165, 1.54) is 0 Å². The van der Waals surface area contributed by atoms with Crippen LogP contribution >= 0.6 is 0 Å². The summed E-state index contributed by atoms with van der Waals surface area (Å²) in [5.41, 5.74) is 3.00. The average molecular weight is 416 g/mol. The van der Waals surface area contributed by atoms with Crippen LogP contribution < -0.4 is 15.5 Å². The van der Waals surface area contributed by atoms with Gasteiger partial charge in [0.1, 0.15) is 11.8 Å². The molecule has 1 heterocycles. The fourth-order valence-corrected chi connectivity index (χ4v) is 2.79. The lowest BCUT2D eigenvalue weighted by Crippen LogP contribution is -2.32. The van der Waals surface area contributed by atoms with Gasteiger partial charge in [-0.3, -0.25) is 9.79 Å². The number of benzene rings is 1. The molecular weight excluding hydrogens is 382 g/mol. The summed E-state index contributed by atoms with van der Waals surface area (Å²) in [7, 11) is 3.52. The first-order valence-electron chi connectivity index (χ1n) is 9.58. The Labute approximate surface area is 178 Å². The fourth-order valence-electron chi connectivity index (χ4n) is 2.79. The topological polar surface area (TPSA) is 99.8 Å². The predicted molar refractivity (Wildman–Crippen MR) is 123 cm³/mol. The molecule has 1 amide bonds. The van der Waals surface area contributed by atoms with Crippen molar-refractivity contribution in [2.24, 2.45) is 10.9 Å². The molecular formula is C22H33N5O3. The quantitative estimate of drug-likeness (QED) is 0.432. The standard InChI is InChI=1S/C21H29N5O3.CH4/c1-14(2)15(3)17(23-5)13-24-20(28)16-7-6-8-18-19(16)25-21(29-18)26(11-12-27)10-9-22-4;/h6-8,12,14,22H,3,9-11,13H2,1-2,4-5H3,(H,24,28);1H4. The first-order valence-corrected chi connectivity index (χ1v) is 9.58. The molecule has 1 aromatic heterocycles. The monoisotopic (exact) mass is 415 g/mol. The van der Waals surface area contributed by atoms with Crippen LogP contribution in [0.5, 0.6) is 0 Å². The number of amides is 1. The number of oxazole rings is 1. The minimum Gasteiger partial charge on any atom is -0.423 e. The van der Waals surface area contributed by atoms with Gasteiger partial charge in [-0.2, -0.15) is 4.98 Å². The van der Waals surface area contributed by atoms with Gasteiger partial charge in [0.15, 0.2) is 5.58 Å². The zero-order valence-electron chi connectivity index (χ0n) is 17.5. The van der Waals surface area contributed by atoms with Crippen molar-refractivity contribution in [1.82, 2.24) is 15.6 Å². The Bertz CT molecular complexity index is 901. The van der Waals surface area contributed by atoms with Crippen molar-refractivity contribution in [2.45, 2.75) is 21.3 Å². The van der Waals surface area contributed by atoms with Gasteiger partial charge in [0.05, 0.1) is 24.4 Å². The van der Waals surface area contributed by atoms with E-state index in [1.54, 1.807) is 30.1 Å². The molecule has 0 bridgehead atoms. The van der Waals surface area contributed by atoms with Crippen LogP contribution in [0.15, 0.2) is 39.8 Å². The number of nitrogens with zero attached hydrogens (tertiary/aromatic N) is 3. The maximum Gasteiger partial charge on any atom is 0.298 e. The molecule has 2 rings (SSSR count). The molecule has 1 aromatic carbocycles. The number of hydrogen-bond donors (Lipinski definition) is 2. The average Bonchev–Trinajstić information content (AvgIpc) is 3.15. The number of rotatable bonds is 11. The smallest absolute Gasteiger partial charge is 0.298 e. The highest BCUT2D eigenvalue weighted by molar-refractivity contribution is 6.08. The van der Waals surface area contributed by atoms with Crippen LogP contribution in [0.2, 0.25) is 0 Å². The van der Waals surface area contributed by atoms with Gasteiger partial charge in [0.2, 0.25) is 0 Å². The number of likely N-dealkylation sites (N-methyl/N-ethyl adjacent to an activating group) is 1. The lowest BCUT2D eigenvalue weighted by molar-refractivity contribution is -0.106. The van der Waals surface area contributed by atoms with E-state index in [-0.39, 0.29) is 32.3 Å². The van der Waals surface area contributed by atoms with Crippen LogP contribution in [0.25, 0.3) is 11.1 Å². The van der Waals surface area contributed by atoms with Crippen molar-refractivity contribution >= 4 is 35.0 Å². The molecule has 8 nitrogen and oxygen atoms in total. The van der Waals surface area contributed by atoms with E-state index in [0.717, 1.165) is 17.6 Å². The molecule has 30 heavy (non-hydrogen) atoms. The van der Waals surface area contributed by atoms with Gasteiger partial charge >= 0.3 is 0 Å². The second kappa shape index (κ2) is 11.9. The number of carbonyl (C=O) groups is 2. The van der Waals surface area contributed by atoms with E-state index in [1.807, 2.05) is 20.9 Å². The number of aliphatic imine (C=N–C) groups is 1. The molecule has 2 N–H and O–H groups in total. The number of anilines is 1. The Morgan fingerprint density at radius 2 is 2.13 bits per heavy atom. The van der Waals surface area contributed by atoms with E-state index in [4.69, 9.17) is 4.42 Å². The maximum atomic E-state index is 12.8. The number of para-hydroxylation sites is 1. The van der Waals surface area contributed by atoms with Crippen molar-refractivity contribution < 1.29 is 14.0 Å². The Morgan fingerprint density at radius 1 is 1.40 bits per heavy atom. The summed E-state index contributed by atoms with van der Waals surface area (Å²) in [4.78, 5) is 34.2. The highest BCUT2D eigenvalue weighted by atomic mass is 16.4. The molecule has 164 valence electrons. The summed E-state index contributed by atoms with van der Waals surface area (Å²) in [5.74, 6) is -0.0288. The molecule has 0 fully saturated rings. The molecule has 0 atom stereocenters. The second-order valence-electron chi connectivity index (χ2n) is 6.90. The predicted octanol–water partition coefficient (Wildman–Crippen LogP) is 2.70. The lowest BCUT2D eigenvalue weighted by atomic mass is 10.00. The van der Waals surface area contributed by atoms with Crippen molar-refractivity contribution in [3.8, 4) is 0 Å². The van der Waals surface area contributed by atoms with Crippen molar-refractivity contribution in [3.05, 3.63) is 35.9 Å². The summed E-state index contributed by atoms with van der Waals surface area (Å²) in [5, 5.41) is 5.91. The number of fused-ring (bicyclic) bond motifs is 1. The molecule has 0 radical (unpaired) electrons. The van der Waals surface area contributed by atoms with Gasteiger partial charge in [-0.05, 0) is 30.7 Å². The molecule has 0 aliphatic carbocycles.